The molecular weight excluding hydrogens is 561 g/mol. The van der Waals surface area contributed by atoms with Gasteiger partial charge in [-0.2, -0.15) is 0 Å². The standard InChI is InChI=1S/C38H68O3Si2/c1-13-14-15-16-17-18-20-24-31(2)25-23-28-33(42(9,10)37(3,4)5)29-34-35(41-43(11,12)38(6,7)8)30-39-36(40-34)32-26-21-19-22-27-32/h19,21-22,25-27,29,34-36H,13-18,20,23-24,28,30H2,1-12H3/b31-25+,33-29-/t34-,35-,36+/m1/s1. The van der Waals surface area contributed by atoms with Gasteiger partial charge in [0.2, 0.25) is 0 Å². The van der Waals surface area contributed by atoms with Crippen molar-refractivity contribution in [3.63, 3.8) is 0 Å². The number of hydrogen-bond acceptors (Lipinski definition) is 3. The fourth-order valence-electron chi connectivity index (χ4n) is 5.36. The van der Waals surface area contributed by atoms with Crippen molar-refractivity contribution in [2.75, 3.05) is 6.61 Å². The third-order valence-corrected chi connectivity index (χ3v) is 20.8. The molecule has 0 N–H and O–H groups in total. The smallest absolute Gasteiger partial charge is 0.192 e. The lowest BCUT2D eigenvalue weighted by Crippen LogP contribution is -2.51. The first-order valence-corrected chi connectivity index (χ1v) is 23.3. The van der Waals surface area contributed by atoms with E-state index >= 15 is 0 Å². The summed E-state index contributed by atoms with van der Waals surface area (Å²) in [5, 5.41) is 1.97. The highest BCUT2D eigenvalue weighted by Gasteiger charge is 2.44. The molecule has 0 amide bonds. The van der Waals surface area contributed by atoms with E-state index in [0.29, 0.717) is 6.61 Å². The van der Waals surface area contributed by atoms with Gasteiger partial charge in [-0.1, -0.05) is 153 Å². The molecule has 0 aromatic heterocycles. The van der Waals surface area contributed by atoms with E-state index in [4.69, 9.17) is 13.9 Å². The van der Waals surface area contributed by atoms with Gasteiger partial charge in [-0.05, 0) is 55.8 Å². The minimum atomic E-state index is -2.02. The van der Waals surface area contributed by atoms with Gasteiger partial charge < -0.3 is 13.9 Å². The fourth-order valence-corrected chi connectivity index (χ4v) is 8.98. The van der Waals surface area contributed by atoms with Crippen molar-refractivity contribution in [2.45, 2.75) is 174 Å². The molecule has 1 aromatic carbocycles. The molecule has 43 heavy (non-hydrogen) atoms. The Morgan fingerprint density at radius 2 is 1.47 bits per heavy atom. The highest BCUT2D eigenvalue weighted by atomic mass is 28.4. The molecule has 246 valence electrons. The van der Waals surface area contributed by atoms with Crippen LogP contribution in [0, 0.1) is 0 Å². The molecule has 1 aliphatic heterocycles. The molecule has 1 fully saturated rings. The first-order valence-electron chi connectivity index (χ1n) is 17.4. The van der Waals surface area contributed by atoms with E-state index in [-0.39, 0.29) is 28.6 Å². The fraction of sp³-hybridized carbons (Fsp3) is 0.737. The van der Waals surface area contributed by atoms with Gasteiger partial charge in [-0.25, -0.2) is 0 Å². The van der Waals surface area contributed by atoms with Crippen LogP contribution >= 0.6 is 0 Å². The van der Waals surface area contributed by atoms with Crippen LogP contribution in [0.4, 0.5) is 0 Å². The first kappa shape index (κ1) is 38.2. The van der Waals surface area contributed by atoms with Crippen LogP contribution in [0.5, 0.6) is 0 Å². The third kappa shape index (κ3) is 12.0. The molecule has 0 spiro atoms. The molecule has 5 heteroatoms. The lowest BCUT2D eigenvalue weighted by atomic mass is 10.0. The molecule has 0 aliphatic carbocycles. The maximum absolute atomic E-state index is 7.02. The van der Waals surface area contributed by atoms with Crippen molar-refractivity contribution < 1.29 is 13.9 Å². The topological polar surface area (TPSA) is 27.7 Å². The van der Waals surface area contributed by atoms with Crippen LogP contribution < -0.4 is 0 Å². The molecule has 2 rings (SSSR count). The van der Waals surface area contributed by atoms with Gasteiger partial charge in [0.25, 0.3) is 0 Å². The van der Waals surface area contributed by atoms with Crippen LogP contribution in [0.15, 0.2) is 53.3 Å². The molecule has 0 saturated carbocycles. The summed E-state index contributed by atoms with van der Waals surface area (Å²) in [6.07, 6.45) is 17.4. The number of benzene rings is 1. The van der Waals surface area contributed by atoms with E-state index in [1.807, 2.05) is 6.07 Å². The van der Waals surface area contributed by atoms with E-state index in [1.165, 1.54) is 51.4 Å². The number of hydrogen-bond donors (Lipinski definition) is 0. The van der Waals surface area contributed by atoms with Crippen molar-refractivity contribution in [2.24, 2.45) is 0 Å². The normalized spacial score (nSPS) is 21.3. The predicted molar refractivity (Wildman–Crippen MR) is 193 cm³/mol. The van der Waals surface area contributed by atoms with E-state index in [9.17, 15) is 0 Å². The largest absolute Gasteiger partial charge is 0.409 e. The Balaban J connectivity index is 2.28. The van der Waals surface area contributed by atoms with Crippen molar-refractivity contribution >= 4 is 16.4 Å². The monoisotopic (exact) mass is 628 g/mol. The van der Waals surface area contributed by atoms with Crippen LogP contribution in [0.2, 0.25) is 36.3 Å². The van der Waals surface area contributed by atoms with Crippen molar-refractivity contribution in [3.05, 3.63) is 58.8 Å². The van der Waals surface area contributed by atoms with Crippen molar-refractivity contribution in [1.29, 1.82) is 0 Å². The minimum absolute atomic E-state index is 0.102. The van der Waals surface area contributed by atoms with Crippen molar-refractivity contribution in [3.8, 4) is 0 Å². The average molecular weight is 629 g/mol. The minimum Gasteiger partial charge on any atom is -0.409 e. The molecule has 1 aromatic rings. The predicted octanol–water partition coefficient (Wildman–Crippen LogP) is 12.3. The van der Waals surface area contributed by atoms with Gasteiger partial charge in [-0.15, -0.1) is 0 Å². The van der Waals surface area contributed by atoms with Crippen molar-refractivity contribution in [1.82, 2.24) is 0 Å². The van der Waals surface area contributed by atoms with Crippen LogP contribution in [-0.4, -0.2) is 35.2 Å². The van der Waals surface area contributed by atoms with E-state index in [2.05, 4.69) is 118 Å². The summed E-state index contributed by atoms with van der Waals surface area (Å²) in [7, 11) is -3.82. The molecule has 3 nitrogen and oxygen atoms in total. The van der Waals surface area contributed by atoms with Gasteiger partial charge in [-0.3, -0.25) is 0 Å². The van der Waals surface area contributed by atoms with Gasteiger partial charge >= 0.3 is 0 Å². The highest BCUT2D eigenvalue weighted by Crippen LogP contribution is 2.44. The number of ether oxygens (including phenoxy) is 2. The lowest BCUT2D eigenvalue weighted by Gasteiger charge is -2.45. The van der Waals surface area contributed by atoms with E-state index in [0.717, 1.165) is 18.4 Å². The number of unbranched alkanes of at least 4 members (excludes halogenated alkanes) is 6. The van der Waals surface area contributed by atoms with Gasteiger partial charge in [0.15, 0.2) is 14.6 Å². The Morgan fingerprint density at radius 3 is 2.05 bits per heavy atom. The maximum Gasteiger partial charge on any atom is 0.192 e. The summed E-state index contributed by atoms with van der Waals surface area (Å²) < 4.78 is 20.2. The van der Waals surface area contributed by atoms with Gasteiger partial charge in [0, 0.05) is 5.56 Å². The van der Waals surface area contributed by atoms with Crippen LogP contribution in [0.1, 0.15) is 131 Å². The van der Waals surface area contributed by atoms with Gasteiger partial charge in [0.05, 0.1) is 20.8 Å². The quantitative estimate of drug-likeness (QED) is 0.104. The lowest BCUT2D eigenvalue weighted by molar-refractivity contribution is -0.240. The Hall–Kier alpha value is -0.986. The van der Waals surface area contributed by atoms with Gasteiger partial charge in [0.1, 0.15) is 6.10 Å². The zero-order valence-corrected chi connectivity index (χ0v) is 32.3. The average Bonchev–Trinajstić information content (AvgIpc) is 2.92. The van der Waals surface area contributed by atoms with E-state index < -0.39 is 16.4 Å². The molecule has 0 bridgehead atoms. The van der Waals surface area contributed by atoms with Crippen LogP contribution in [0.25, 0.3) is 0 Å². The Morgan fingerprint density at radius 1 is 0.860 bits per heavy atom. The SMILES string of the molecule is CCCCCCCCC/C(C)=C/CC/C(=C/[C@H]1O[C@@H](c2ccccc2)OC[C@H]1O[Si](C)(C)C(C)(C)C)[Si](C)(C)C(C)(C)C. The second kappa shape index (κ2) is 17.1. The third-order valence-electron chi connectivity index (χ3n) is 10.5. The molecule has 0 unspecified atom stereocenters. The summed E-state index contributed by atoms with van der Waals surface area (Å²) in [5.74, 6) is 0. The second-order valence-electron chi connectivity index (χ2n) is 16.1. The Labute approximate surface area is 269 Å². The maximum atomic E-state index is 7.02. The highest BCUT2D eigenvalue weighted by molar-refractivity contribution is 6.86. The molecule has 1 heterocycles. The molecule has 0 radical (unpaired) electrons. The molecular formula is C38H68O3Si2. The molecule has 3 atom stereocenters. The summed E-state index contributed by atoms with van der Waals surface area (Å²) in [5.41, 5.74) is 2.62. The summed E-state index contributed by atoms with van der Waals surface area (Å²) >= 11 is 0. The number of rotatable bonds is 16. The summed E-state index contributed by atoms with van der Waals surface area (Å²) in [6.45, 7) is 29.2. The number of allylic oxidation sites excluding steroid dienone is 3. The molecule has 1 saturated heterocycles. The summed E-state index contributed by atoms with van der Waals surface area (Å²) in [4.78, 5) is 0. The zero-order valence-electron chi connectivity index (χ0n) is 30.3. The first-order chi connectivity index (χ1) is 20.0. The summed E-state index contributed by atoms with van der Waals surface area (Å²) in [6, 6.07) is 10.4. The van der Waals surface area contributed by atoms with Crippen LogP contribution in [0.3, 0.4) is 0 Å². The molecule has 1 aliphatic rings. The Bertz CT molecular complexity index is 998. The zero-order chi connectivity index (χ0) is 32.3. The second-order valence-corrected chi connectivity index (χ2v) is 26.3. The Kier molecular flexibility index (Phi) is 15.2. The van der Waals surface area contributed by atoms with E-state index in [1.54, 1.807) is 10.8 Å². The van der Waals surface area contributed by atoms with Crippen LogP contribution in [-0.2, 0) is 13.9 Å².